The third-order valence-electron chi connectivity index (χ3n) is 0. The van der Waals surface area contributed by atoms with Gasteiger partial charge in [-0.15, -0.1) is 0 Å². The van der Waals surface area contributed by atoms with Crippen molar-refractivity contribution in [1.82, 2.24) is 0 Å². The van der Waals surface area contributed by atoms with Crippen LogP contribution < -0.4 is 0 Å². The maximum Gasteiger partial charge on any atom is -0.0411 e. The summed E-state index contributed by atoms with van der Waals surface area (Å²) < 4.78 is 0. The fraction of sp³-hybridized carbons (Fsp3) is 1.00. The summed E-state index contributed by atoms with van der Waals surface area (Å²) in [6.45, 7) is 15.2. The Morgan fingerprint density at radius 2 is 0.727 bits per heavy atom. The second-order valence-electron chi connectivity index (χ2n) is 4.73. The molecule has 0 aliphatic heterocycles. The van der Waals surface area contributed by atoms with Gasteiger partial charge in [0.15, 0.2) is 0 Å². The molecular weight excluding hydrogens is 132 g/mol. The molecule has 0 heterocycles. The molecule has 0 unspecified atom stereocenters. The van der Waals surface area contributed by atoms with Gasteiger partial charge in [0.2, 0.25) is 0 Å². The van der Waals surface area contributed by atoms with Gasteiger partial charge in [-0.2, -0.15) is 0 Å². The summed E-state index contributed by atoms with van der Waals surface area (Å²) in [5, 5.41) is 0. The largest absolute Gasteiger partial charge is 0.0776 e. The molecule has 0 saturated heterocycles. The zero-order chi connectivity index (χ0) is 8.08. The van der Waals surface area contributed by atoms with Crippen LogP contribution in [0.2, 0.25) is 0 Å². The minimum atomic E-state index is 0. The minimum Gasteiger partial charge on any atom is -0.0776 e. The van der Waals surface area contributed by atoms with Crippen molar-refractivity contribution in [2.45, 2.75) is 63.3 Å². The van der Waals surface area contributed by atoms with Crippen LogP contribution in [0.3, 0.4) is 0 Å². The molecule has 0 fully saturated rings. The molecule has 0 radical (unpaired) electrons. The molecule has 0 aromatic rings. The van der Waals surface area contributed by atoms with Crippen LogP contribution in [0.4, 0.5) is 0 Å². The van der Waals surface area contributed by atoms with Crippen molar-refractivity contribution < 1.29 is 0 Å². The van der Waals surface area contributed by atoms with Crippen molar-refractivity contribution in [3.8, 4) is 0 Å². The van der Waals surface area contributed by atoms with E-state index in [1.54, 1.807) is 0 Å². The molecule has 0 aromatic heterocycles. The van der Waals surface area contributed by atoms with E-state index < -0.39 is 0 Å². The molecular formula is C11H30. The first-order chi connectivity index (χ1) is 3.73. The SMILES string of the molecule is C.C.CC(C)(C)C.CC(C)C. The summed E-state index contributed by atoms with van der Waals surface area (Å²) >= 11 is 0. The smallest absolute Gasteiger partial charge is 0.0411 e. The maximum absolute atomic E-state index is 2.19. The molecule has 0 nitrogen and oxygen atoms in total. The summed E-state index contributed by atoms with van der Waals surface area (Å²) in [5.41, 5.74) is 0.500. The quantitative estimate of drug-likeness (QED) is 0.471. The van der Waals surface area contributed by atoms with E-state index >= 15 is 0 Å². The molecule has 0 bridgehead atoms. The lowest BCUT2D eigenvalue weighted by molar-refractivity contribution is 0.469. The fourth-order valence-electron chi connectivity index (χ4n) is 0. The third-order valence-corrected chi connectivity index (χ3v) is 0. The van der Waals surface area contributed by atoms with Crippen LogP contribution in [0.15, 0.2) is 0 Å². The molecule has 11 heavy (non-hydrogen) atoms. The predicted molar refractivity (Wildman–Crippen MR) is 59.1 cm³/mol. The standard InChI is InChI=1S/C5H12.C4H10.2CH4/c1-5(2,3)4;1-4(2)3;;/h1-4H3;4H,1-3H3;2*1H4. The van der Waals surface area contributed by atoms with Crippen molar-refractivity contribution in [2.75, 3.05) is 0 Å². The lowest BCUT2D eigenvalue weighted by Crippen LogP contribution is -1.93. The van der Waals surface area contributed by atoms with Crippen LogP contribution in [0.5, 0.6) is 0 Å². The highest BCUT2D eigenvalue weighted by atomic mass is 14.0. The van der Waals surface area contributed by atoms with Crippen LogP contribution >= 0.6 is 0 Å². The van der Waals surface area contributed by atoms with Gasteiger partial charge >= 0.3 is 0 Å². The lowest BCUT2D eigenvalue weighted by atomic mass is 10.0. The van der Waals surface area contributed by atoms with Crippen LogP contribution in [-0.2, 0) is 0 Å². The normalized spacial score (nSPS) is 8.73. The highest BCUT2D eigenvalue weighted by Gasteiger charge is 1.95. The van der Waals surface area contributed by atoms with Crippen LogP contribution in [0.1, 0.15) is 63.3 Å². The fourth-order valence-corrected chi connectivity index (χ4v) is 0. The van der Waals surface area contributed by atoms with E-state index in [0.717, 1.165) is 5.92 Å². The highest BCUT2D eigenvalue weighted by molar-refractivity contribution is 4.47. The summed E-state index contributed by atoms with van der Waals surface area (Å²) in [5.74, 6) is 0.833. The Kier molecular flexibility index (Phi) is 20.4. The Morgan fingerprint density at radius 1 is 0.727 bits per heavy atom. The Hall–Kier alpha value is 0. The van der Waals surface area contributed by atoms with Gasteiger partial charge in [0.1, 0.15) is 0 Å². The molecule has 0 saturated carbocycles. The molecule has 0 N–H and O–H groups in total. The predicted octanol–water partition coefficient (Wildman–Crippen LogP) is 4.99. The van der Waals surface area contributed by atoms with E-state index in [1.165, 1.54) is 0 Å². The van der Waals surface area contributed by atoms with E-state index in [9.17, 15) is 0 Å². The highest BCUT2D eigenvalue weighted by Crippen LogP contribution is 2.07. The summed E-state index contributed by atoms with van der Waals surface area (Å²) in [7, 11) is 0. The molecule has 0 spiro atoms. The Balaban J connectivity index is -0.0000000383. The Bertz CT molecular complexity index is 36.8. The van der Waals surface area contributed by atoms with Crippen LogP contribution in [0, 0.1) is 11.3 Å². The maximum atomic E-state index is 2.19. The molecule has 0 heteroatoms. The average Bonchev–Trinajstić information content (AvgIpc) is 1.19. The van der Waals surface area contributed by atoms with Gasteiger partial charge in [-0.25, -0.2) is 0 Å². The first-order valence-corrected chi connectivity index (χ1v) is 3.73. The van der Waals surface area contributed by atoms with Crippen molar-refractivity contribution in [2.24, 2.45) is 11.3 Å². The van der Waals surface area contributed by atoms with Crippen molar-refractivity contribution >= 4 is 0 Å². The molecule has 0 aliphatic carbocycles. The third kappa shape index (κ3) is 0. The van der Waals surface area contributed by atoms with Crippen LogP contribution in [-0.4, -0.2) is 0 Å². The molecule has 0 aliphatic rings. The summed E-state index contributed by atoms with van der Waals surface area (Å²) in [6, 6.07) is 0. The number of hydrogen-bond donors (Lipinski definition) is 0. The van der Waals surface area contributed by atoms with E-state index in [-0.39, 0.29) is 14.9 Å². The Morgan fingerprint density at radius 3 is 0.727 bits per heavy atom. The van der Waals surface area contributed by atoms with Gasteiger partial charge in [0.05, 0.1) is 0 Å². The van der Waals surface area contributed by atoms with Gasteiger partial charge in [-0.05, 0) is 11.3 Å². The summed E-state index contributed by atoms with van der Waals surface area (Å²) in [4.78, 5) is 0. The topological polar surface area (TPSA) is 0 Å². The van der Waals surface area contributed by atoms with Gasteiger partial charge in [-0.3, -0.25) is 0 Å². The van der Waals surface area contributed by atoms with Crippen molar-refractivity contribution in [3.05, 3.63) is 0 Å². The van der Waals surface area contributed by atoms with Crippen LogP contribution in [0.25, 0.3) is 0 Å². The molecule has 0 amide bonds. The van der Waals surface area contributed by atoms with Gasteiger partial charge in [0, 0.05) is 0 Å². The first kappa shape index (κ1) is 22.4. The molecule has 0 rings (SSSR count). The second-order valence-corrected chi connectivity index (χ2v) is 4.73. The zero-order valence-corrected chi connectivity index (χ0v) is 8.08. The van der Waals surface area contributed by atoms with Crippen molar-refractivity contribution in [1.29, 1.82) is 0 Å². The Labute approximate surface area is 75.4 Å². The lowest BCUT2D eigenvalue weighted by Gasteiger charge is -2.05. The van der Waals surface area contributed by atoms with Gasteiger partial charge in [0.25, 0.3) is 0 Å². The monoisotopic (exact) mass is 162 g/mol. The van der Waals surface area contributed by atoms with E-state index in [1.807, 2.05) is 0 Å². The van der Waals surface area contributed by atoms with Crippen molar-refractivity contribution in [3.63, 3.8) is 0 Å². The zero-order valence-electron chi connectivity index (χ0n) is 8.08. The van der Waals surface area contributed by atoms with E-state index in [2.05, 4.69) is 48.5 Å². The average molecular weight is 162 g/mol. The van der Waals surface area contributed by atoms with Gasteiger partial charge in [-0.1, -0.05) is 63.3 Å². The molecule has 0 atom stereocenters. The summed E-state index contributed by atoms with van der Waals surface area (Å²) in [6.07, 6.45) is 0. The molecule has 0 aromatic carbocycles. The number of rotatable bonds is 0. The van der Waals surface area contributed by atoms with E-state index in [0.29, 0.717) is 5.41 Å². The van der Waals surface area contributed by atoms with Gasteiger partial charge < -0.3 is 0 Å². The first-order valence-electron chi connectivity index (χ1n) is 3.73. The molecule has 74 valence electrons. The van der Waals surface area contributed by atoms with E-state index in [4.69, 9.17) is 0 Å². The second kappa shape index (κ2) is 10.0. The minimum absolute atomic E-state index is 0. The number of hydrogen-bond acceptors (Lipinski definition) is 0.